The molecule has 1 aliphatic heterocycles. The van der Waals surface area contributed by atoms with Crippen LogP contribution >= 0.6 is 11.6 Å². The standard InChI is InChI=1S/C19H17ClF3N5O/c1-8-26-27-18-19(2,3)25-12-6-10(16(22)23)13(14(21)15(12)28(8)18)11-5-9(20)7-24-17(11)29-4/h5-7,16,25H,1-4H3. The van der Waals surface area contributed by atoms with Gasteiger partial charge < -0.3 is 10.1 Å². The van der Waals surface area contributed by atoms with Crippen LogP contribution in [0.25, 0.3) is 16.8 Å². The van der Waals surface area contributed by atoms with Crippen LogP contribution in [0.1, 0.15) is 37.5 Å². The van der Waals surface area contributed by atoms with E-state index in [4.69, 9.17) is 16.3 Å². The third-order valence-corrected chi connectivity index (χ3v) is 5.05. The summed E-state index contributed by atoms with van der Waals surface area (Å²) in [4.78, 5) is 3.99. The first-order valence-corrected chi connectivity index (χ1v) is 9.09. The van der Waals surface area contributed by atoms with Crippen molar-refractivity contribution in [2.45, 2.75) is 32.7 Å². The summed E-state index contributed by atoms with van der Waals surface area (Å²) in [6, 6.07) is 2.59. The molecule has 0 saturated heterocycles. The van der Waals surface area contributed by atoms with Crippen LogP contribution < -0.4 is 10.1 Å². The molecule has 3 aromatic rings. The molecule has 29 heavy (non-hydrogen) atoms. The Morgan fingerprint density at radius 2 is 1.97 bits per heavy atom. The molecule has 0 amide bonds. The molecular weight excluding hydrogens is 407 g/mol. The van der Waals surface area contributed by atoms with Gasteiger partial charge in [0.1, 0.15) is 11.5 Å². The van der Waals surface area contributed by atoms with E-state index in [2.05, 4.69) is 20.5 Å². The topological polar surface area (TPSA) is 64.9 Å². The molecule has 3 heterocycles. The third kappa shape index (κ3) is 2.91. The minimum atomic E-state index is -2.94. The fourth-order valence-electron chi connectivity index (χ4n) is 3.61. The monoisotopic (exact) mass is 423 g/mol. The lowest BCUT2D eigenvalue weighted by Crippen LogP contribution is -2.36. The second-order valence-corrected chi connectivity index (χ2v) is 7.65. The summed E-state index contributed by atoms with van der Waals surface area (Å²) in [5, 5.41) is 11.4. The van der Waals surface area contributed by atoms with Gasteiger partial charge in [0.25, 0.3) is 6.43 Å². The van der Waals surface area contributed by atoms with Crippen LogP contribution in [0.4, 0.5) is 18.9 Å². The molecule has 0 unspecified atom stereocenters. The molecule has 1 aromatic carbocycles. The average molecular weight is 424 g/mol. The number of rotatable bonds is 3. The minimum Gasteiger partial charge on any atom is -0.481 e. The van der Waals surface area contributed by atoms with E-state index in [1.54, 1.807) is 6.92 Å². The van der Waals surface area contributed by atoms with Gasteiger partial charge in [-0.3, -0.25) is 4.57 Å². The van der Waals surface area contributed by atoms with Gasteiger partial charge in [0.15, 0.2) is 11.6 Å². The highest BCUT2D eigenvalue weighted by molar-refractivity contribution is 6.30. The summed E-state index contributed by atoms with van der Waals surface area (Å²) < 4.78 is 50.6. The van der Waals surface area contributed by atoms with E-state index in [1.807, 2.05) is 13.8 Å². The first kappa shape index (κ1) is 19.5. The molecule has 0 radical (unpaired) electrons. The number of methoxy groups -OCH3 is 1. The van der Waals surface area contributed by atoms with E-state index < -0.39 is 23.3 Å². The van der Waals surface area contributed by atoms with Crippen molar-refractivity contribution in [3.8, 4) is 22.7 Å². The number of benzene rings is 1. The zero-order valence-electron chi connectivity index (χ0n) is 16.0. The second-order valence-electron chi connectivity index (χ2n) is 7.22. The second kappa shape index (κ2) is 6.62. The lowest BCUT2D eigenvalue weighted by Gasteiger charge is -2.35. The van der Waals surface area contributed by atoms with Crippen molar-refractivity contribution in [1.29, 1.82) is 0 Å². The fraction of sp³-hybridized carbons (Fsp3) is 0.316. The maximum Gasteiger partial charge on any atom is 0.264 e. The van der Waals surface area contributed by atoms with Crippen LogP contribution in [0.5, 0.6) is 5.88 Å². The summed E-state index contributed by atoms with van der Waals surface area (Å²) in [6.07, 6.45) is -1.64. The van der Waals surface area contributed by atoms with Crippen LogP contribution in [0.2, 0.25) is 5.02 Å². The molecule has 0 saturated carbocycles. The van der Waals surface area contributed by atoms with Crippen molar-refractivity contribution < 1.29 is 17.9 Å². The minimum absolute atomic E-state index is 0.0139. The molecule has 0 fully saturated rings. The summed E-state index contributed by atoms with van der Waals surface area (Å²) in [5.41, 5.74) is -1.25. The number of anilines is 1. The Kier molecular flexibility index (Phi) is 4.45. The van der Waals surface area contributed by atoms with Crippen LogP contribution in [-0.2, 0) is 5.54 Å². The first-order valence-electron chi connectivity index (χ1n) is 8.71. The number of nitrogens with zero attached hydrogens (tertiary/aromatic N) is 4. The molecule has 10 heteroatoms. The number of hydrogen-bond acceptors (Lipinski definition) is 5. The highest BCUT2D eigenvalue weighted by Crippen LogP contribution is 2.46. The number of ether oxygens (including phenoxy) is 1. The molecule has 1 aliphatic rings. The van der Waals surface area contributed by atoms with Gasteiger partial charge in [0.2, 0.25) is 5.88 Å². The lowest BCUT2D eigenvalue weighted by atomic mass is 9.93. The van der Waals surface area contributed by atoms with Gasteiger partial charge in [-0.25, -0.2) is 18.2 Å². The van der Waals surface area contributed by atoms with Crippen molar-refractivity contribution in [2.75, 3.05) is 12.4 Å². The van der Waals surface area contributed by atoms with Crippen molar-refractivity contribution >= 4 is 17.3 Å². The molecule has 152 valence electrons. The molecule has 2 aromatic heterocycles. The van der Waals surface area contributed by atoms with Gasteiger partial charge in [-0.15, -0.1) is 10.2 Å². The Labute approximate surface area is 169 Å². The average Bonchev–Trinajstić information content (AvgIpc) is 3.03. The number of pyridine rings is 1. The summed E-state index contributed by atoms with van der Waals surface area (Å²) >= 11 is 6.01. The number of halogens is 4. The first-order chi connectivity index (χ1) is 13.7. The van der Waals surface area contributed by atoms with Gasteiger partial charge in [0.05, 0.1) is 23.4 Å². The Morgan fingerprint density at radius 3 is 2.62 bits per heavy atom. The Bertz CT molecular complexity index is 1130. The Morgan fingerprint density at radius 1 is 1.24 bits per heavy atom. The van der Waals surface area contributed by atoms with Crippen LogP contribution in [0, 0.1) is 12.7 Å². The number of fused-ring (bicyclic) bond motifs is 3. The number of alkyl halides is 2. The van der Waals surface area contributed by atoms with Crippen LogP contribution in [-0.4, -0.2) is 26.9 Å². The molecule has 0 atom stereocenters. The largest absolute Gasteiger partial charge is 0.481 e. The van der Waals surface area contributed by atoms with Crippen LogP contribution in [0.15, 0.2) is 18.3 Å². The molecule has 6 nitrogen and oxygen atoms in total. The van der Waals surface area contributed by atoms with Crippen molar-refractivity contribution in [3.63, 3.8) is 0 Å². The van der Waals surface area contributed by atoms with Crippen molar-refractivity contribution in [2.24, 2.45) is 0 Å². The molecule has 1 N–H and O–H groups in total. The summed E-state index contributed by atoms with van der Waals surface area (Å²) in [6.45, 7) is 5.30. The smallest absolute Gasteiger partial charge is 0.264 e. The maximum atomic E-state index is 15.9. The van der Waals surface area contributed by atoms with Gasteiger partial charge in [-0.1, -0.05) is 11.6 Å². The number of aromatic nitrogens is 4. The van der Waals surface area contributed by atoms with E-state index in [0.717, 1.165) is 0 Å². The van der Waals surface area contributed by atoms with Crippen molar-refractivity contribution in [1.82, 2.24) is 19.7 Å². The third-order valence-electron chi connectivity index (χ3n) is 4.84. The van der Waals surface area contributed by atoms with Gasteiger partial charge >= 0.3 is 0 Å². The van der Waals surface area contributed by atoms with Gasteiger partial charge in [-0.2, -0.15) is 0 Å². The predicted molar refractivity (Wildman–Crippen MR) is 102 cm³/mol. The van der Waals surface area contributed by atoms with Gasteiger partial charge in [0, 0.05) is 22.9 Å². The Hall–Kier alpha value is -2.81. The molecule has 0 aliphatic carbocycles. The fourth-order valence-corrected chi connectivity index (χ4v) is 3.77. The summed E-state index contributed by atoms with van der Waals surface area (Å²) in [7, 11) is 1.32. The van der Waals surface area contributed by atoms with E-state index in [9.17, 15) is 8.78 Å². The number of aryl methyl sites for hydroxylation is 1. The quantitative estimate of drug-likeness (QED) is 0.639. The molecule has 0 spiro atoms. The molecule has 0 bridgehead atoms. The molecular formula is C19H17ClF3N5O. The van der Waals surface area contributed by atoms with E-state index in [1.165, 1.54) is 30.0 Å². The van der Waals surface area contributed by atoms with E-state index >= 15 is 4.39 Å². The van der Waals surface area contributed by atoms with E-state index in [-0.39, 0.29) is 33.4 Å². The highest BCUT2D eigenvalue weighted by atomic mass is 35.5. The zero-order chi connectivity index (χ0) is 21.1. The van der Waals surface area contributed by atoms with E-state index in [0.29, 0.717) is 11.6 Å². The SMILES string of the molecule is COc1ncc(Cl)cc1-c1c(C(F)F)cc2c(c1F)-n1c(C)nnc1C(C)(C)N2. The normalized spacial score (nSPS) is 14.4. The highest BCUT2D eigenvalue weighted by Gasteiger charge is 2.38. The zero-order valence-corrected chi connectivity index (χ0v) is 16.8. The number of hydrogen-bond donors (Lipinski definition) is 1. The Balaban J connectivity index is 2.12. The van der Waals surface area contributed by atoms with Crippen molar-refractivity contribution in [3.05, 3.63) is 46.4 Å². The van der Waals surface area contributed by atoms with Gasteiger partial charge in [-0.05, 0) is 32.9 Å². The number of nitrogens with one attached hydrogen (secondary N) is 1. The molecule has 4 rings (SSSR count). The summed E-state index contributed by atoms with van der Waals surface area (Å²) in [5.74, 6) is 0.0160. The lowest BCUT2D eigenvalue weighted by molar-refractivity contribution is 0.151. The predicted octanol–water partition coefficient (Wildman–Crippen LogP) is 5.04. The maximum absolute atomic E-state index is 15.9. The van der Waals surface area contributed by atoms with Crippen LogP contribution in [0.3, 0.4) is 0 Å².